The van der Waals surface area contributed by atoms with Crippen molar-refractivity contribution in [2.24, 2.45) is 11.8 Å². The quantitative estimate of drug-likeness (QED) is 0.898. The molecule has 2 rings (SSSR count). The normalized spacial score (nSPS) is 18.6. The van der Waals surface area contributed by atoms with Gasteiger partial charge in [0.1, 0.15) is 0 Å². The maximum absolute atomic E-state index is 12.6. The largest absolute Gasteiger partial charge is 0.384 e. The molecule has 110 valence electrons. The molecule has 0 spiro atoms. The van der Waals surface area contributed by atoms with E-state index < -0.39 is 0 Å². The van der Waals surface area contributed by atoms with Crippen LogP contribution in [0.15, 0.2) is 18.5 Å². The number of nitrogens with one attached hydrogen (secondary N) is 1. The Morgan fingerprint density at radius 2 is 2.35 bits per heavy atom. The lowest BCUT2D eigenvalue weighted by Gasteiger charge is -2.19. The summed E-state index contributed by atoms with van der Waals surface area (Å²) in [4.78, 5) is 18.7. The van der Waals surface area contributed by atoms with E-state index >= 15 is 0 Å². The molecule has 1 aliphatic heterocycles. The molecule has 0 aliphatic carbocycles. The van der Waals surface area contributed by atoms with Crippen molar-refractivity contribution in [3.05, 3.63) is 24.0 Å². The van der Waals surface area contributed by atoms with Crippen LogP contribution in [0.25, 0.3) is 0 Å². The Morgan fingerprint density at radius 1 is 1.55 bits per heavy atom. The second-order valence-corrected chi connectivity index (χ2v) is 5.89. The number of hydrogen-bond acceptors (Lipinski definition) is 3. The van der Waals surface area contributed by atoms with Crippen molar-refractivity contribution in [3.63, 3.8) is 0 Å². The first kappa shape index (κ1) is 14.8. The lowest BCUT2D eigenvalue weighted by Crippen LogP contribution is -2.30. The summed E-state index contributed by atoms with van der Waals surface area (Å²) < 4.78 is 0. The van der Waals surface area contributed by atoms with Gasteiger partial charge in [-0.05, 0) is 30.7 Å². The van der Waals surface area contributed by atoms with Crippen molar-refractivity contribution in [2.45, 2.75) is 33.6 Å². The van der Waals surface area contributed by atoms with E-state index in [1.54, 1.807) is 12.4 Å². The van der Waals surface area contributed by atoms with E-state index in [1.165, 1.54) is 0 Å². The van der Waals surface area contributed by atoms with Gasteiger partial charge in [-0.25, -0.2) is 0 Å². The molecule has 0 bridgehead atoms. The summed E-state index contributed by atoms with van der Waals surface area (Å²) in [6, 6.07) is 1.89. The molecule has 1 N–H and O–H groups in total. The van der Waals surface area contributed by atoms with Crippen LogP contribution in [-0.4, -0.2) is 35.4 Å². The van der Waals surface area contributed by atoms with Crippen LogP contribution in [0.3, 0.4) is 0 Å². The Kier molecular flexibility index (Phi) is 4.99. The average Bonchev–Trinajstić information content (AvgIpc) is 2.94. The summed E-state index contributed by atoms with van der Waals surface area (Å²) in [5.41, 5.74) is 1.60. The first-order chi connectivity index (χ1) is 9.63. The Bertz CT molecular complexity index is 459. The zero-order chi connectivity index (χ0) is 14.5. The second-order valence-electron chi connectivity index (χ2n) is 5.89. The summed E-state index contributed by atoms with van der Waals surface area (Å²) in [6.07, 6.45) is 5.56. The molecule has 1 aromatic heterocycles. The molecule has 1 saturated heterocycles. The van der Waals surface area contributed by atoms with Gasteiger partial charge >= 0.3 is 0 Å². The van der Waals surface area contributed by atoms with E-state index in [0.29, 0.717) is 17.4 Å². The van der Waals surface area contributed by atoms with Crippen LogP contribution in [0.1, 0.15) is 44.0 Å². The molecule has 0 saturated carbocycles. The zero-order valence-electron chi connectivity index (χ0n) is 12.7. The summed E-state index contributed by atoms with van der Waals surface area (Å²) in [5.74, 6) is 1.38. The number of rotatable bonds is 5. The molecule has 1 fully saturated rings. The lowest BCUT2D eigenvalue weighted by atomic mass is 9.95. The van der Waals surface area contributed by atoms with Gasteiger partial charge in [-0.2, -0.15) is 0 Å². The molecule has 4 nitrogen and oxygen atoms in total. The number of hydrogen-bond donors (Lipinski definition) is 1. The highest BCUT2D eigenvalue weighted by molar-refractivity contribution is 5.99. The van der Waals surface area contributed by atoms with Crippen LogP contribution in [-0.2, 0) is 0 Å². The van der Waals surface area contributed by atoms with Gasteiger partial charge in [-0.15, -0.1) is 0 Å². The fourth-order valence-corrected chi connectivity index (χ4v) is 2.66. The number of carbonyl (C=O) groups is 1. The molecule has 1 aliphatic rings. The molecular formula is C16H25N3O. The zero-order valence-corrected chi connectivity index (χ0v) is 12.7. The summed E-state index contributed by atoms with van der Waals surface area (Å²) >= 11 is 0. The van der Waals surface area contributed by atoms with Crippen molar-refractivity contribution >= 4 is 11.6 Å². The van der Waals surface area contributed by atoms with Crippen LogP contribution in [0, 0.1) is 11.8 Å². The third-order valence-corrected chi connectivity index (χ3v) is 4.07. The number of aromatic nitrogens is 1. The Labute approximate surface area is 121 Å². The Balaban J connectivity index is 2.09. The van der Waals surface area contributed by atoms with Crippen molar-refractivity contribution in [1.82, 2.24) is 9.88 Å². The van der Waals surface area contributed by atoms with E-state index in [-0.39, 0.29) is 5.91 Å². The standard InChI is InChI=1S/C16H25N3O/c1-4-7-18-15-5-8-17-10-14(15)16(20)19-9-6-13(11-19)12(2)3/h5,8,10,12-13H,4,6-7,9,11H2,1-3H3,(H,17,18). The predicted molar refractivity (Wildman–Crippen MR) is 81.9 cm³/mol. The van der Waals surface area contributed by atoms with E-state index in [4.69, 9.17) is 0 Å². The van der Waals surface area contributed by atoms with Gasteiger partial charge in [-0.3, -0.25) is 9.78 Å². The number of likely N-dealkylation sites (tertiary alicyclic amines) is 1. The minimum absolute atomic E-state index is 0.111. The van der Waals surface area contributed by atoms with Crippen LogP contribution in [0.5, 0.6) is 0 Å². The third-order valence-electron chi connectivity index (χ3n) is 4.07. The molecule has 0 radical (unpaired) electrons. The van der Waals surface area contributed by atoms with E-state index in [1.807, 2.05) is 11.0 Å². The molecular weight excluding hydrogens is 250 g/mol. The molecule has 0 aromatic carbocycles. The van der Waals surface area contributed by atoms with Crippen LogP contribution < -0.4 is 5.32 Å². The van der Waals surface area contributed by atoms with Crippen LogP contribution >= 0.6 is 0 Å². The summed E-state index contributed by atoms with van der Waals surface area (Å²) in [7, 11) is 0. The SMILES string of the molecule is CCCNc1ccncc1C(=O)N1CCC(C(C)C)C1. The fourth-order valence-electron chi connectivity index (χ4n) is 2.66. The highest BCUT2D eigenvalue weighted by Gasteiger charge is 2.29. The van der Waals surface area contributed by atoms with Gasteiger partial charge in [0.05, 0.1) is 11.3 Å². The Morgan fingerprint density at radius 3 is 3.00 bits per heavy atom. The first-order valence-corrected chi connectivity index (χ1v) is 7.60. The number of anilines is 1. The van der Waals surface area contributed by atoms with Crippen molar-refractivity contribution < 1.29 is 4.79 Å². The van der Waals surface area contributed by atoms with Gasteiger partial charge in [0.2, 0.25) is 0 Å². The molecule has 4 heteroatoms. The number of carbonyl (C=O) groups excluding carboxylic acids is 1. The van der Waals surface area contributed by atoms with E-state index in [0.717, 1.165) is 38.2 Å². The lowest BCUT2D eigenvalue weighted by molar-refractivity contribution is 0.0784. The average molecular weight is 275 g/mol. The molecule has 2 heterocycles. The fraction of sp³-hybridized carbons (Fsp3) is 0.625. The maximum Gasteiger partial charge on any atom is 0.257 e. The molecule has 1 amide bonds. The van der Waals surface area contributed by atoms with E-state index in [2.05, 4.69) is 31.1 Å². The van der Waals surface area contributed by atoms with Crippen LogP contribution in [0.2, 0.25) is 0 Å². The van der Waals surface area contributed by atoms with Gasteiger partial charge in [-0.1, -0.05) is 20.8 Å². The van der Waals surface area contributed by atoms with E-state index in [9.17, 15) is 4.79 Å². The smallest absolute Gasteiger partial charge is 0.257 e. The van der Waals surface area contributed by atoms with Crippen molar-refractivity contribution in [1.29, 1.82) is 0 Å². The number of nitrogens with zero attached hydrogens (tertiary/aromatic N) is 2. The minimum atomic E-state index is 0.111. The molecule has 1 atom stereocenters. The second kappa shape index (κ2) is 6.73. The van der Waals surface area contributed by atoms with Gasteiger partial charge in [0.25, 0.3) is 5.91 Å². The Hall–Kier alpha value is -1.58. The molecule has 20 heavy (non-hydrogen) atoms. The minimum Gasteiger partial charge on any atom is -0.384 e. The molecule has 1 aromatic rings. The van der Waals surface area contributed by atoms with Crippen molar-refractivity contribution in [3.8, 4) is 0 Å². The van der Waals surface area contributed by atoms with Crippen LogP contribution in [0.4, 0.5) is 5.69 Å². The predicted octanol–water partition coefficient (Wildman–Crippen LogP) is 3.02. The highest BCUT2D eigenvalue weighted by Crippen LogP contribution is 2.26. The van der Waals surface area contributed by atoms with Crippen molar-refractivity contribution in [2.75, 3.05) is 25.0 Å². The third kappa shape index (κ3) is 3.30. The first-order valence-electron chi connectivity index (χ1n) is 7.60. The van der Waals surface area contributed by atoms with Gasteiger partial charge in [0, 0.05) is 32.0 Å². The summed E-state index contributed by atoms with van der Waals surface area (Å²) in [6.45, 7) is 9.19. The maximum atomic E-state index is 12.6. The monoisotopic (exact) mass is 275 g/mol. The van der Waals surface area contributed by atoms with Gasteiger partial charge < -0.3 is 10.2 Å². The topological polar surface area (TPSA) is 45.2 Å². The number of pyridine rings is 1. The van der Waals surface area contributed by atoms with Gasteiger partial charge in [0.15, 0.2) is 0 Å². The summed E-state index contributed by atoms with van der Waals surface area (Å²) in [5, 5.41) is 3.31. The molecule has 1 unspecified atom stereocenters. The number of amides is 1. The highest BCUT2D eigenvalue weighted by atomic mass is 16.2.